The summed E-state index contributed by atoms with van der Waals surface area (Å²) in [4.78, 5) is 22.8. The van der Waals surface area contributed by atoms with Crippen molar-refractivity contribution in [2.45, 2.75) is 18.9 Å². The van der Waals surface area contributed by atoms with Crippen molar-refractivity contribution in [2.24, 2.45) is 7.05 Å². The highest BCUT2D eigenvalue weighted by atomic mass is 32.1. The van der Waals surface area contributed by atoms with Gasteiger partial charge in [0.25, 0.3) is 5.91 Å². The van der Waals surface area contributed by atoms with Crippen molar-refractivity contribution in [3.05, 3.63) is 42.2 Å². The first-order valence-corrected chi connectivity index (χ1v) is 9.00. The fourth-order valence-corrected chi connectivity index (χ4v) is 4.12. The van der Waals surface area contributed by atoms with E-state index in [1.807, 2.05) is 6.07 Å². The number of halogens is 1. The number of nitrogens with one attached hydrogen (secondary N) is 1. The molecule has 130 valence electrons. The second-order valence-corrected chi connectivity index (χ2v) is 7.22. The zero-order valence-electron chi connectivity index (χ0n) is 13.8. The fourth-order valence-electron chi connectivity index (χ4n) is 3.09. The molecule has 1 fully saturated rings. The molecule has 0 saturated carbocycles. The van der Waals surface area contributed by atoms with Gasteiger partial charge in [-0.2, -0.15) is 0 Å². The van der Waals surface area contributed by atoms with Crippen molar-refractivity contribution in [1.82, 2.24) is 19.9 Å². The SMILES string of the molecule is Cn1cncc1C(=O)NC1CCN(c2nc3c(F)cccc3s2)CC1. The number of aryl methyl sites for hydroxylation is 1. The molecule has 0 spiro atoms. The van der Waals surface area contributed by atoms with Gasteiger partial charge in [0.15, 0.2) is 5.13 Å². The average molecular weight is 359 g/mol. The number of para-hydroxylation sites is 1. The van der Waals surface area contributed by atoms with Crippen molar-refractivity contribution in [2.75, 3.05) is 18.0 Å². The number of nitrogens with zero attached hydrogens (tertiary/aromatic N) is 4. The van der Waals surface area contributed by atoms with E-state index in [1.54, 1.807) is 30.2 Å². The quantitative estimate of drug-likeness (QED) is 0.781. The molecular weight excluding hydrogens is 341 g/mol. The largest absolute Gasteiger partial charge is 0.348 e. The third-order valence-electron chi connectivity index (χ3n) is 4.51. The number of amides is 1. The molecule has 0 atom stereocenters. The Hall–Kier alpha value is -2.48. The first-order chi connectivity index (χ1) is 12.1. The minimum absolute atomic E-state index is 0.0968. The van der Waals surface area contributed by atoms with Gasteiger partial charge in [-0.15, -0.1) is 0 Å². The van der Waals surface area contributed by atoms with Gasteiger partial charge in [0.1, 0.15) is 17.0 Å². The highest BCUT2D eigenvalue weighted by molar-refractivity contribution is 7.22. The van der Waals surface area contributed by atoms with Crippen LogP contribution in [0.4, 0.5) is 9.52 Å². The average Bonchev–Trinajstić information content (AvgIpc) is 3.22. The summed E-state index contributed by atoms with van der Waals surface area (Å²) in [7, 11) is 1.80. The number of thiazole rings is 1. The van der Waals surface area contributed by atoms with Crippen LogP contribution in [-0.4, -0.2) is 39.6 Å². The fraction of sp³-hybridized carbons (Fsp3) is 0.353. The van der Waals surface area contributed by atoms with Crippen LogP contribution in [0.3, 0.4) is 0 Å². The van der Waals surface area contributed by atoms with Gasteiger partial charge in [-0.05, 0) is 25.0 Å². The Balaban J connectivity index is 1.40. The van der Waals surface area contributed by atoms with Crippen LogP contribution in [0, 0.1) is 5.82 Å². The number of carbonyl (C=O) groups excluding carboxylic acids is 1. The van der Waals surface area contributed by atoms with E-state index >= 15 is 0 Å². The van der Waals surface area contributed by atoms with Gasteiger partial charge in [-0.3, -0.25) is 4.79 Å². The van der Waals surface area contributed by atoms with Crippen LogP contribution in [0.1, 0.15) is 23.3 Å². The Morgan fingerprint density at radius 2 is 2.16 bits per heavy atom. The van der Waals surface area contributed by atoms with Crippen molar-refractivity contribution in [3.8, 4) is 0 Å². The van der Waals surface area contributed by atoms with Gasteiger partial charge in [0.05, 0.1) is 17.2 Å². The molecule has 0 bridgehead atoms. The van der Waals surface area contributed by atoms with Crippen LogP contribution < -0.4 is 10.2 Å². The number of anilines is 1. The minimum Gasteiger partial charge on any atom is -0.348 e. The predicted molar refractivity (Wildman–Crippen MR) is 95.5 cm³/mol. The summed E-state index contributed by atoms with van der Waals surface area (Å²) in [6.07, 6.45) is 4.86. The summed E-state index contributed by atoms with van der Waals surface area (Å²) < 4.78 is 16.4. The number of hydrogen-bond donors (Lipinski definition) is 1. The molecule has 3 aromatic rings. The van der Waals surface area contributed by atoms with Gasteiger partial charge < -0.3 is 14.8 Å². The van der Waals surface area contributed by atoms with Crippen molar-refractivity contribution in [3.63, 3.8) is 0 Å². The highest BCUT2D eigenvalue weighted by Gasteiger charge is 2.24. The molecule has 4 rings (SSSR count). The number of piperidine rings is 1. The lowest BCUT2D eigenvalue weighted by Crippen LogP contribution is -2.45. The molecule has 0 radical (unpaired) electrons. The summed E-state index contributed by atoms with van der Waals surface area (Å²) in [5.74, 6) is -0.376. The second kappa shape index (κ2) is 6.44. The summed E-state index contributed by atoms with van der Waals surface area (Å²) in [5.41, 5.74) is 0.998. The lowest BCUT2D eigenvalue weighted by molar-refractivity contribution is 0.0923. The van der Waals surface area contributed by atoms with E-state index in [9.17, 15) is 9.18 Å². The van der Waals surface area contributed by atoms with Gasteiger partial charge >= 0.3 is 0 Å². The molecule has 1 amide bonds. The lowest BCUT2D eigenvalue weighted by Gasteiger charge is -2.32. The van der Waals surface area contributed by atoms with Gasteiger partial charge in [0, 0.05) is 26.2 Å². The van der Waals surface area contributed by atoms with Crippen LogP contribution in [-0.2, 0) is 7.05 Å². The molecule has 1 saturated heterocycles. The molecule has 1 aliphatic rings. The first kappa shape index (κ1) is 16.0. The van der Waals surface area contributed by atoms with Crippen molar-refractivity contribution >= 4 is 32.6 Å². The summed E-state index contributed by atoms with van der Waals surface area (Å²) in [5, 5.41) is 3.91. The number of aromatic nitrogens is 3. The standard InChI is InChI=1S/C17H18FN5OS/c1-22-10-19-9-13(22)16(24)20-11-5-7-23(8-6-11)17-21-15-12(18)3-2-4-14(15)25-17/h2-4,9-11H,5-8H2,1H3,(H,20,24). The maximum absolute atomic E-state index is 13.8. The normalized spacial score (nSPS) is 15.7. The van der Waals surface area contributed by atoms with E-state index in [-0.39, 0.29) is 17.8 Å². The Morgan fingerprint density at radius 3 is 2.84 bits per heavy atom. The molecule has 25 heavy (non-hydrogen) atoms. The van der Waals surface area contributed by atoms with E-state index in [2.05, 4.69) is 20.2 Å². The summed E-state index contributed by atoms with van der Waals surface area (Å²) >= 11 is 1.51. The number of rotatable bonds is 3. The molecule has 2 aromatic heterocycles. The van der Waals surface area contributed by atoms with Gasteiger partial charge in [0.2, 0.25) is 0 Å². The Labute approximate surface area is 148 Å². The third kappa shape index (κ3) is 3.09. The van der Waals surface area contributed by atoms with E-state index in [0.717, 1.165) is 35.8 Å². The Bertz CT molecular complexity index is 913. The topological polar surface area (TPSA) is 63.1 Å². The van der Waals surface area contributed by atoms with E-state index in [4.69, 9.17) is 0 Å². The van der Waals surface area contributed by atoms with Gasteiger partial charge in [-0.25, -0.2) is 14.4 Å². The smallest absolute Gasteiger partial charge is 0.269 e. The van der Waals surface area contributed by atoms with Crippen LogP contribution in [0.25, 0.3) is 10.2 Å². The molecule has 8 heteroatoms. The Morgan fingerprint density at radius 1 is 1.36 bits per heavy atom. The molecular formula is C17H18FN5OS. The highest BCUT2D eigenvalue weighted by Crippen LogP contribution is 2.31. The maximum atomic E-state index is 13.8. The zero-order chi connectivity index (χ0) is 17.4. The van der Waals surface area contributed by atoms with E-state index < -0.39 is 0 Å². The third-order valence-corrected chi connectivity index (χ3v) is 5.59. The number of fused-ring (bicyclic) bond motifs is 1. The lowest BCUT2D eigenvalue weighted by atomic mass is 10.1. The van der Waals surface area contributed by atoms with Crippen LogP contribution >= 0.6 is 11.3 Å². The monoisotopic (exact) mass is 359 g/mol. The molecule has 6 nitrogen and oxygen atoms in total. The van der Waals surface area contributed by atoms with Crippen molar-refractivity contribution < 1.29 is 9.18 Å². The van der Waals surface area contributed by atoms with Crippen molar-refractivity contribution in [1.29, 1.82) is 0 Å². The van der Waals surface area contributed by atoms with Gasteiger partial charge in [-0.1, -0.05) is 17.4 Å². The molecule has 3 heterocycles. The molecule has 1 aromatic carbocycles. The number of imidazole rings is 1. The molecule has 0 unspecified atom stereocenters. The number of hydrogen-bond acceptors (Lipinski definition) is 5. The predicted octanol–water partition coefficient (Wildman–Crippen LogP) is 2.57. The molecule has 1 N–H and O–H groups in total. The zero-order valence-corrected chi connectivity index (χ0v) is 14.6. The Kier molecular flexibility index (Phi) is 4.12. The van der Waals surface area contributed by atoms with E-state index in [1.165, 1.54) is 17.4 Å². The van der Waals surface area contributed by atoms with Crippen LogP contribution in [0.15, 0.2) is 30.7 Å². The number of benzene rings is 1. The second-order valence-electron chi connectivity index (χ2n) is 6.21. The number of carbonyl (C=O) groups is 1. The summed E-state index contributed by atoms with van der Waals surface area (Å²) in [6, 6.07) is 5.16. The van der Waals surface area contributed by atoms with E-state index in [0.29, 0.717) is 11.2 Å². The summed E-state index contributed by atoms with van der Waals surface area (Å²) in [6.45, 7) is 1.58. The maximum Gasteiger partial charge on any atom is 0.269 e. The molecule has 0 aliphatic carbocycles. The van der Waals surface area contributed by atoms with Crippen LogP contribution in [0.5, 0.6) is 0 Å². The first-order valence-electron chi connectivity index (χ1n) is 8.19. The van der Waals surface area contributed by atoms with Crippen LogP contribution in [0.2, 0.25) is 0 Å². The minimum atomic E-state index is -0.279. The molecule has 1 aliphatic heterocycles.